The van der Waals surface area contributed by atoms with Gasteiger partial charge in [0.2, 0.25) is 0 Å². The van der Waals surface area contributed by atoms with E-state index >= 15 is 0 Å². The molecular formula is C19H19NO4. The Morgan fingerprint density at radius 2 is 1.83 bits per heavy atom. The molecule has 0 fully saturated rings. The van der Waals surface area contributed by atoms with Crippen LogP contribution in [-0.4, -0.2) is 25.6 Å². The molecule has 0 N–H and O–H groups in total. The molecule has 0 saturated heterocycles. The van der Waals surface area contributed by atoms with E-state index in [0.717, 1.165) is 11.3 Å². The molecule has 5 nitrogen and oxygen atoms in total. The predicted molar refractivity (Wildman–Crippen MR) is 90.2 cm³/mol. The van der Waals surface area contributed by atoms with Gasteiger partial charge in [-0.1, -0.05) is 18.2 Å². The van der Waals surface area contributed by atoms with E-state index in [1.807, 2.05) is 30.3 Å². The van der Waals surface area contributed by atoms with E-state index < -0.39 is 0 Å². The van der Waals surface area contributed by atoms with E-state index in [1.54, 1.807) is 37.1 Å². The first kappa shape index (κ1) is 16.1. The molecule has 1 unspecified atom stereocenters. The van der Waals surface area contributed by atoms with E-state index in [1.165, 1.54) is 0 Å². The SMILES string of the molecule is CCOC(=O)CC1c2ccccc2C(=O)N1c1ccc(OC)cc1. The van der Waals surface area contributed by atoms with Crippen LogP contribution < -0.4 is 9.64 Å². The maximum atomic E-state index is 12.8. The Labute approximate surface area is 140 Å². The first-order valence-electron chi connectivity index (χ1n) is 7.88. The smallest absolute Gasteiger partial charge is 0.308 e. The Kier molecular flexibility index (Phi) is 4.51. The van der Waals surface area contributed by atoms with Crippen molar-refractivity contribution in [3.63, 3.8) is 0 Å². The predicted octanol–water partition coefficient (Wildman–Crippen LogP) is 3.35. The van der Waals surface area contributed by atoms with Gasteiger partial charge in [-0.05, 0) is 42.8 Å². The lowest BCUT2D eigenvalue weighted by molar-refractivity contribution is -0.143. The van der Waals surface area contributed by atoms with Crippen molar-refractivity contribution in [1.82, 2.24) is 0 Å². The normalized spacial score (nSPS) is 16.0. The quantitative estimate of drug-likeness (QED) is 0.791. The average Bonchev–Trinajstić information content (AvgIpc) is 2.88. The highest BCUT2D eigenvalue weighted by atomic mass is 16.5. The van der Waals surface area contributed by atoms with Crippen LogP contribution in [0.15, 0.2) is 48.5 Å². The third kappa shape index (κ3) is 2.85. The van der Waals surface area contributed by atoms with Crippen molar-refractivity contribution in [1.29, 1.82) is 0 Å². The summed E-state index contributed by atoms with van der Waals surface area (Å²) in [7, 11) is 1.59. The minimum atomic E-state index is -0.360. The van der Waals surface area contributed by atoms with Gasteiger partial charge in [0.15, 0.2) is 0 Å². The number of carbonyl (C=O) groups excluding carboxylic acids is 2. The zero-order valence-corrected chi connectivity index (χ0v) is 13.7. The van der Waals surface area contributed by atoms with Crippen LogP contribution in [0.5, 0.6) is 5.75 Å². The van der Waals surface area contributed by atoms with Crippen molar-refractivity contribution in [2.45, 2.75) is 19.4 Å². The highest BCUT2D eigenvalue weighted by Gasteiger charge is 2.38. The monoisotopic (exact) mass is 325 g/mol. The van der Waals surface area contributed by atoms with Gasteiger partial charge in [-0.2, -0.15) is 0 Å². The topological polar surface area (TPSA) is 55.8 Å². The fourth-order valence-corrected chi connectivity index (χ4v) is 3.01. The Morgan fingerprint density at radius 1 is 1.12 bits per heavy atom. The van der Waals surface area contributed by atoms with Crippen LogP contribution in [0.3, 0.4) is 0 Å². The first-order chi connectivity index (χ1) is 11.7. The van der Waals surface area contributed by atoms with Gasteiger partial charge in [0.05, 0.1) is 26.2 Å². The summed E-state index contributed by atoms with van der Waals surface area (Å²) >= 11 is 0. The van der Waals surface area contributed by atoms with Gasteiger partial charge >= 0.3 is 5.97 Å². The van der Waals surface area contributed by atoms with Crippen LogP contribution in [0.1, 0.15) is 35.3 Å². The van der Waals surface area contributed by atoms with Crippen molar-refractivity contribution in [2.75, 3.05) is 18.6 Å². The highest BCUT2D eigenvalue weighted by molar-refractivity contribution is 6.11. The molecule has 2 aromatic rings. The van der Waals surface area contributed by atoms with Crippen molar-refractivity contribution >= 4 is 17.6 Å². The molecule has 1 aliphatic rings. The molecule has 0 saturated carbocycles. The average molecular weight is 325 g/mol. The number of hydrogen-bond donors (Lipinski definition) is 0. The second kappa shape index (κ2) is 6.74. The van der Waals surface area contributed by atoms with Gasteiger partial charge in [0, 0.05) is 11.3 Å². The maximum absolute atomic E-state index is 12.8. The van der Waals surface area contributed by atoms with Crippen LogP contribution in [-0.2, 0) is 9.53 Å². The van der Waals surface area contributed by atoms with E-state index in [0.29, 0.717) is 17.9 Å². The number of fused-ring (bicyclic) bond motifs is 1. The van der Waals surface area contributed by atoms with Crippen LogP contribution in [0.2, 0.25) is 0 Å². The summed E-state index contributed by atoms with van der Waals surface area (Å²) in [5, 5.41) is 0. The molecule has 0 spiro atoms. The molecule has 0 radical (unpaired) electrons. The molecule has 1 atom stereocenters. The summed E-state index contributed by atoms with van der Waals surface area (Å²) in [5.41, 5.74) is 2.21. The third-order valence-corrected chi connectivity index (χ3v) is 4.10. The van der Waals surface area contributed by atoms with Gasteiger partial charge in [-0.3, -0.25) is 9.59 Å². The van der Waals surface area contributed by atoms with E-state index in [-0.39, 0.29) is 24.3 Å². The lowest BCUT2D eigenvalue weighted by Gasteiger charge is -2.25. The van der Waals surface area contributed by atoms with E-state index in [4.69, 9.17) is 9.47 Å². The first-order valence-corrected chi connectivity index (χ1v) is 7.88. The van der Waals surface area contributed by atoms with Crippen LogP contribution in [0.4, 0.5) is 5.69 Å². The van der Waals surface area contributed by atoms with Crippen LogP contribution in [0.25, 0.3) is 0 Å². The van der Waals surface area contributed by atoms with Crippen molar-refractivity contribution in [3.8, 4) is 5.75 Å². The molecule has 124 valence electrons. The molecule has 2 aromatic carbocycles. The number of anilines is 1. The molecule has 5 heteroatoms. The van der Waals surface area contributed by atoms with Crippen molar-refractivity contribution in [2.24, 2.45) is 0 Å². The number of hydrogen-bond acceptors (Lipinski definition) is 4. The summed E-state index contributed by atoms with van der Waals surface area (Å²) in [5.74, 6) is 0.292. The number of methoxy groups -OCH3 is 1. The lowest BCUT2D eigenvalue weighted by Crippen LogP contribution is -2.29. The largest absolute Gasteiger partial charge is 0.497 e. The zero-order chi connectivity index (χ0) is 17.1. The number of carbonyl (C=O) groups is 2. The molecule has 24 heavy (non-hydrogen) atoms. The summed E-state index contributed by atoms with van der Waals surface area (Å²) in [6.07, 6.45) is 0.128. The van der Waals surface area contributed by atoms with Crippen molar-refractivity contribution < 1.29 is 19.1 Å². The Bertz CT molecular complexity index is 754. The summed E-state index contributed by atoms with van der Waals surface area (Å²) in [6, 6.07) is 14.3. The fourth-order valence-electron chi connectivity index (χ4n) is 3.01. The molecule has 1 aliphatic heterocycles. The van der Waals surface area contributed by atoms with Crippen molar-refractivity contribution in [3.05, 3.63) is 59.7 Å². The molecule has 0 aromatic heterocycles. The van der Waals surface area contributed by atoms with Gasteiger partial charge in [0.25, 0.3) is 5.91 Å². The summed E-state index contributed by atoms with van der Waals surface area (Å²) in [4.78, 5) is 26.5. The molecule has 0 bridgehead atoms. The molecular weight excluding hydrogens is 306 g/mol. The summed E-state index contributed by atoms with van der Waals surface area (Å²) < 4.78 is 10.2. The second-order valence-electron chi connectivity index (χ2n) is 5.49. The second-order valence-corrected chi connectivity index (χ2v) is 5.49. The number of esters is 1. The number of amides is 1. The standard InChI is InChI=1S/C19H19NO4/c1-3-24-18(21)12-17-15-6-4-5-7-16(15)19(22)20(17)13-8-10-14(23-2)11-9-13/h4-11,17H,3,12H2,1-2H3. The van der Waals surface area contributed by atoms with Crippen LogP contribution >= 0.6 is 0 Å². The molecule has 0 aliphatic carbocycles. The number of ether oxygens (including phenoxy) is 2. The number of nitrogens with zero attached hydrogens (tertiary/aromatic N) is 1. The fraction of sp³-hybridized carbons (Fsp3) is 0.263. The minimum absolute atomic E-state index is 0.106. The molecule has 3 rings (SSSR count). The highest BCUT2D eigenvalue weighted by Crippen LogP contribution is 2.39. The Hall–Kier alpha value is -2.82. The third-order valence-electron chi connectivity index (χ3n) is 4.10. The Morgan fingerprint density at radius 3 is 2.50 bits per heavy atom. The van der Waals surface area contributed by atoms with Gasteiger partial charge < -0.3 is 14.4 Å². The number of rotatable bonds is 5. The number of benzene rings is 2. The Balaban J connectivity index is 1.98. The van der Waals surface area contributed by atoms with Crippen LogP contribution in [0, 0.1) is 0 Å². The maximum Gasteiger partial charge on any atom is 0.308 e. The molecule has 1 amide bonds. The minimum Gasteiger partial charge on any atom is -0.497 e. The van der Waals surface area contributed by atoms with Gasteiger partial charge in [-0.25, -0.2) is 0 Å². The summed E-state index contributed by atoms with van der Waals surface area (Å²) in [6.45, 7) is 2.09. The van der Waals surface area contributed by atoms with E-state index in [9.17, 15) is 9.59 Å². The molecule has 1 heterocycles. The zero-order valence-electron chi connectivity index (χ0n) is 13.7. The van der Waals surface area contributed by atoms with Gasteiger partial charge in [-0.15, -0.1) is 0 Å². The lowest BCUT2D eigenvalue weighted by atomic mass is 10.0. The van der Waals surface area contributed by atoms with E-state index in [2.05, 4.69) is 0 Å². The van der Waals surface area contributed by atoms with Gasteiger partial charge in [0.1, 0.15) is 5.75 Å².